The van der Waals surface area contributed by atoms with E-state index in [1.54, 1.807) is 0 Å². The number of nitrogens with zero attached hydrogens (tertiary/aromatic N) is 1. The Kier molecular flexibility index (Phi) is 6.94. The first-order chi connectivity index (χ1) is 14.4. The van der Waals surface area contributed by atoms with E-state index in [0.717, 1.165) is 41.4 Å². The van der Waals surface area contributed by atoms with Crippen LogP contribution in [0.3, 0.4) is 0 Å². The van der Waals surface area contributed by atoms with Crippen LogP contribution >= 0.6 is 0 Å². The van der Waals surface area contributed by atoms with Crippen molar-refractivity contribution in [1.82, 2.24) is 4.58 Å². The molecule has 0 radical (unpaired) electrons. The van der Waals surface area contributed by atoms with Crippen molar-refractivity contribution in [2.75, 3.05) is 18.4 Å². The first kappa shape index (κ1) is 21.6. The third kappa shape index (κ3) is 5.29. The summed E-state index contributed by atoms with van der Waals surface area (Å²) in [5.74, 6) is 1.91. The number of hydrogen-bond donors (Lipinski definition) is 1. The second-order valence-corrected chi connectivity index (χ2v) is 8.40. The predicted octanol–water partition coefficient (Wildman–Crippen LogP) is 6.13. The highest BCUT2D eigenvalue weighted by Crippen LogP contribution is 2.33. The van der Waals surface area contributed by atoms with Crippen molar-refractivity contribution in [3.63, 3.8) is 0 Å². The number of para-hydroxylation sites is 1. The molecule has 3 nitrogen and oxygen atoms in total. The van der Waals surface area contributed by atoms with Crippen molar-refractivity contribution >= 4 is 11.8 Å². The van der Waals surface area contributed by atoms with Gasteiger partial charge in [-0.1, -0.05) is 51.1 Å². The maximum absolute atomic E-state index is 6.34. The van der Waals surface area contributed by atoms with E-state index in [2.05, 4.69) is 80.9 Å². The number of hydrogen-bond acceptors (Lipinski definition) is 2. The van der Waals surface area contributed by atoms with Crippen LogP contribution in [0.2, 0.25) is 0 Å². The fourth-order valence-electron chi connectivity index (χ4n) is 3.39. The van der Waals surface area contributed by atoms with Crippen LogP contribution in [0.25, 0.3) is 17.4 Å². The van der Waals surface area contributed by atoms with Crippen LogP contribution in [-0.2, 0) is 5.41 Å². The van der Waals surface area contributed by atoms with Crippen LogP contribution in [-0.4, -0.2) is 13.1 Å². The van der Waals surface area contributed by atoms with Crippen molar-refractivity contribution in [3.8, 4) is 11.3 Å². The third-order valence-electron chi connectivity index (χ3n) is 5.16. The highest BCUT2D eigenvalue weighted by molar-refractivity contribution is 5.73. The van der Waals surface area contributed by atoms with Crippen LogP contribution in [0.5, 0.6) is 0 Å². The zero-order chi connectivity index (χ0) is 21.6. The third-order valence-corrected chi connectivity index (χ3v) is 5.16. The largest absolute Gasteiger partial charge is 0.460 e. The Morgan fingerprint density at radius 2 is 1.67 bits per heavy atom. The van der Waals surface area contributed by atoms with Gasteiger partial charge < -0.3 is 9.73 Å². The maximum atomic E-state index is 6.34. The lowest BCUT2D eigenvalue weighted by Crippen LogP contribution is -2.29. The van der Waals surface area contributed by atoms with Gasteiger partial charge >= 0.3 is 0 Å². The topological polar surface area (TPSA) is 28.2 Å². The molecule has 0 aromatic heterocycles. The minimum Gasteiger partial charge on any atom is -0.460 e. The summed E-state index contributed by atoms with van der Waals surface area (Å²) in [7, 11) is 0. The summed E-state index contributed by atoms with van der Waals surface area (Å²) in [5, 5.41) is 4.48. The lowest BCUT2D eigenvalue weighted by Gasteiger charge is -2.20. The van der Waals surface area contributed by atoms with Crippen LogP contribution in [0.4, 0.5) is 5.69 Å². The summed E-state index contributed by atoms with van der Waals surface area (Å²) in [6.07, 6.45) is 8.18. The second kappa shape index (κ2) is 9.62. The van der Waals surface area contributed by atoms with E-state index in [1.165, 1.54) is 5.36 Å². The smallest absolute Gasteiger partial charge is 0.203 e. The molecule has 1 aromatic carbocycles. The molecule has 156 valence electrons. The normalized spacial score (nSPS) is 12.2. The van der Waals surface area contributed by atoms with Gasteiger partial charge in [-0.2, -0.15) is 0 Å². The van der Waals surface area contributed by atoms with Crippen LogP contribution < -0.4 is 15.2 Å². The fraction of sp³-hybridized carbons (Fsp3) is 0.296. The number of benzene rings is 2. The average Bonchev–Trinajstić information content (AvgIpc) is 2.74. The Morgan fingerprint density at radius 1 is 0.933 bits per heavy atom. The van der Waals surface area contributed by atoms with E-state index >= 15 is 0 Å². The van der Waals surface area contributed by atoms with Crippen molar-refractivity contribution in [2.24, 2.45) is 0 Å². The van der Waals surface area contributed by atoms with E-state index in [-0.39, 0.29) is 5.41 Å². The predicted molar refractivity (Wildman–Crippen MR) is 129 cm³/mol. The fourth-order valence-corrected chi connectivity index (χ4v) is 3.39. The minimum atomic E-state index is -0.0628. The number of rotatable bonds is 6. The van der Waals surface area contributed by atoms with E-state index in [1.807, 2.05) is 42.6 Å². The molecule has 0 amide bonds. The molecule has 2 aliphatic rings. The standard InChI is InChI=1S/C27H32N2O/c1-6-29(7-2)23-16-17-24-21(19-26(27(3,4)5)30-25(24)20-23)13-11-12-18-28-22-14-9-8-10-15-22/h8-20H,6-7H2,1-5H3/p+1. The van der Waals surface area contributed by atoms with E-state index in [0.29, 0.717) is 0 Å². The molecule has 0 saturated carbocycles. The molecule has 0 spiro atoms. The molecule has 0 fully saturated rings. The molecule has 1 aliphatic carbocycles. The molecule has 0 unspecified atom stereocenters. The molecular weight excluding hydrogens is 368 g/mol. The lowest BCUT2D eigenvalue weighted by molar-refractivity contribution is 0.404. The Balaban J connectivity index is 1.97. The molecule has 1 aliphatic heterocycles. The van der Waals surface area contributed by atoms with Gasteiger partial charge in [0.2, 0.25) is 5.36 Å². The summed E-state index contributed by atoms with van der Waals surface area (Å²) < 4.78 is 8.68. The molecule has 3 heteroatoms. The number of nitrogens with one attached hydrogen (secondary N) is 1. The molecule has 0 saturated heterocycles. The quantitative estimate of drug-likeness (QED) is 0.397. The van der Waals surface area contributed by atoms with Gasteiger partial charge in [0.15, 0.2) is 0 Å². The van der Waals surface area contributed by atoms with Crippen molar-refractivity contribution in [2.45, 2.75) is 40.0 Å². The molecule has 30 heavy (non-hydrogen) atoms. The van der Waals surface area contributed by atoms with Crippen LogP contribution in [0, 0.1) is 0 Å². The monoisotopic (exact) mass is 401 g/mol. The van der Waals surface area contributed by atoms with Gasteiger partial charge in [0, 0.05) is 28.9 Å². The Hall–Kier alpha value is -3.07. The molecular formula is C27H33N2O+. The first-order valence-corrected chi connectivity index (χ1v) is 10.7. The highest BCUT2D eigenvalue weighted by Gasteiger charge is 2.21. The summed E-state index contributed by atoms with van der Waals surface area (Å²) in [6, 6.07) is 18.8. The Morgan fingerprint density at radius 3 is 2.33 bits per heavy atom. The van der Waals surface area contributed by atoms with Crippen molar-refractivity contribution < 1.29 is 4.42 Å². The summed E-state index contributed by atoms with van der Waals surface area (Å²) in [4.78, 5) is 0. The Labute approximate surface area is 180 Å². The van der Waals surface area contributed by atoms with Crippen molar-refractivity contribution in [3.05, 3.63) is 89.6 Å². The molecule has 1 heterocycles. The van der Waals surface area contributed by atoms with Gasteiger partial charge in [-0.15, -0.1) is 0 Å². The second-order valence-electron chi connectivity index (χ2n) is 8.40. The maximum Gasteiger partial charge on any atom is 0.203 e. The lowest BCUT2D eigenvalue weighted by atomic mass is 9.90. The number of allylic oxidation sites excluding steroid dienone is 2. The molecule has 3 rings (SSSR count). The SMILES string of the molecule is CC[N+](CC)=c1ccc2c(/C=C/C=C/Nc3ccccc3)cc(C(C)(C)C)oc-2c1. The molecule has 1 N–H and O–H groups in total. The van der Waals surface area contributed by atoms with E-state index < -0.39 is 0 Å². The average molecular weight is 402 g/mol. The van der Waals surface area contributed by atoms with Gasteiger partial charge in [0.25, 0.3) is 0 Å². The molecule has 1 aromatic rings. The molecule has 0 bridgehead atoms. The van der Waals surface area contributed by atoms with Crippen LogP contribution in [0.15, 0.2) is 77.4 Å². The number of fused-ring (bicyclic) bond motifs is 1. The zero-order valence-corrected chi connectivity index (χ0v) is 18.8. The molecule has 0 atom stereocenters. The first-order valence-electron chi connectivity index (χ1n) is 10.7. The summed E-state index contributed by atoms with van der Waals surface area (Å²) in [5.41, 5.74) is 3.30. The van der Waals surface area contributed by atoms with Gasteiger partial charge in [0.1, 0.15) is 24.6 Å². The van der Waals surface area contributed by atoms with E-state index in [4.69, 9.17) is 4.42 Å². The van der Waals surface area contributed by atoms with Gasteiger partial charge in [-0.25, -0.2) is 4.58 Å². The Bertz CT molecular complexity index is 1060. The summed E-state index contributed by atoms with van der Waals surface area (Å²) >= 11 is 0. The minimum absolute atomic E-state index is 0.0628. The van der Waals surface area contributed by atoms with Gasteiger partial charge in [0.05, 0.1) is 6.07 Å². The highest BCUT2D eigenvalue weighted by atomic mass is 16.3. The zero-order valence-electron chi connectivity index (χ0n) is 18.8. The van der Waals surface area contributed by atoms with Crippen molar-refractivity contribution in [1.29, 1.82) is 0 Å². The van der Waals surface area contributed by atoms with E-state index in [9.17, 15) is 0 Å². The van der Waals surface area contributed by atoms with Gasteiger partial charge in [-0.05, 0) is 49.8 Å². The van der Waals surface area contributed by atoms with Crippen LogP contribution in [0.1, 0.15) is 45.9 Å². The summed E-state index contributed by atoms with van der Waals surface area (Å²) in [6.45, 7) is 12.9. The number of anilines is 1. The van der Waals surface area contributed by atoms with Gasteiger partial charge in [-0.3, -0.25) is 0 Å².